The van der Waals surface area contributed by atoms with Crippen molar-refractivity contribution in [2.24, 2.45) is 0 Å². The van der Waals surface area contributed by atoms with Crippen molar-refractivity contribution >= 4 is 5.91 Å². The molecule has 0 bridgehead atoms. The van der Waals surface area contributed by atoms with Crippen molar-refractivity contribution in [3.05, 3.63) is 12.7 Å². The molecule has 0 aromatic rings. The lowest BCUT2D eigenvalue weighted by atomic mass is 10.2. The fourth-order valence-electron chi connectivity index (χ4n) is 2.20. The van der Waals surface area contributed by atoms with Gasteiger partial charge < -0.3 is 10.2 Å². The Labute approximate surface area is 98.9 Å². The van der Waals surface area contributed by atoms with Crippen molar-refractivity contribution in [2.75, 3.05) is 13.1 Å². The Morgan fingerprint density at radius 1 is 1.50 bits per heavy atom. The fraction of sp³-hybridized carbons (Fsp3) is 0.769. The zero-order valence-corrected chi connectivity index (χ0v) is 10.5. The van der Waals surface area contributed by atoms with Crippen LogP contribution in [-0.2, 0) is 4.79 Å². The Morgan fingerprint density at radius 2 is 2.12 bits per heavy atom. The third-order valence-corrected chi connectivity index (χ3v) is 3.07. The minimum atomic E-state index is 0.209. The van der Waals surface area contributed by atoms with Crippen molar-refractivity contribution in [1.29, 1.82) is 0 Å². The molecule has 1 rings (SSSR count). The molecule has 1 aliphatic carbocycles. The summed E-state index contributed by atoms with van der Waals surface area (Å²) in [5.41, 5.74) is 0. The van der Waals surface area contributed by atoms with Gasteiger partial charge in [-0.15, -0.1) is 6.58 Å². The number of rotatable bonds is 6. The molecule has 0 saturated heterocycles. The topological polar surface area (TPSA) is 32.3 Å². The van der Waals surface area contributed by atoms with Crippen LogP contribution in [0.3, 0.4) is 0 Å². The summed E-state index contributed by atoms with van der Waals surface area (Å²) < 4.78 is 0. The molecule has 0 atom stereocenters. The van der Waals surface area contributed by atoms with Crippen LogP contribution in [0.15, 0.2) is 12.7 Å². The van der Waals surface area contributed by atoms with E-state index in [1.54, 1.807) is 0 Å². The lowest BCUT2D eigenvalue weighted by Crippen LogP contribution is -2.44. The zero-order valence-electron chi connectivity index (χ0n) is 10.5. The first kappa shape index (κ1) is 13.2. The highest BCUT2D eigenvalue weighted by Gasteiger charge is 2.25. The molecule has 1 amide bonds. The monoisotopic (exact) mass is 224 g/mol. The van der Waals surface area contributed by atoms with E-state index >= 15 is 0 Å². The van der Waals surface area contributed by atoms with Gasteiger partial charge in [0.1, 0.15) is 0 Å². The van der Waals surface area contributed by atoms with E-state index in [0.29, 0.717) is 25.2 Å². The summed E-state index contributed by atoms with van der Waals surface area (Å²) in [5.74, 6) is 0.209. The van der Waals surface area contributed by atoms with Crippen LogP contribution in [0.4, 0.5) is 0 Å². The van der Waals surface area contributed by atoms with Gasteiger partial charge in [0.15, 0.2) is 0 Å². The molecule has 1 fully saturated rings. The maximum atomic E-state index is 12.0. The Morgan fingerprint density at radius 3 is 2.62 bits per heavy atom. The summed E-state index contributed by atoms with van der Waals surface area (Å²) in [6.45, 7) is 8.98. The maximum Gasteiger partial charge on any atom is 0.237 e. The first-order chi connectivity index (χ1) is 7.65. The lowest BCUT2D eigenvalue weighted by molar-refractivity contribution is -0.131. The van der Waals surface area contributed by atoms with Gasteiger partial charge in [-0.1, -0.05) is 32.8 Å². The average Bonchev–Trinajstić information content (AvgIpc) is 2.75. The number of carbonyl (C=O) groups is 1. The molecule has 92 valence electrons. The summed E-state index contributed by atoms with van der Waals surface area (Å²) >= 11 is 0. The predicted octanol–water partition coefficient (Wildman–Crippen LogP) is 1.94. The molecule has 1 aliphatic rings. The first-order valence-electron chi connectivity index (χ1n) is 6.29. The van der Waals surface area contributed by atoms with Gasteiger partial charge in [0.2, 0.25) is 5.91 Å². The van der Waals surface area contributed by atoms with Gasteiger partial charge in [0.25, 0.3) is 0 Å². The van der Waals surface area contributed by atoms with Crippen molar-refractivity contribution in [1.82, 2.24) is 10.2 Å². The largest absolute Gasteiger partial charge is 0.335 e. The standard InChI is InChI=1S/C13H24N2O/c1-4-9-15(12-7-5-6-8-12)13(16)10-14-11(2)3/h4,11-12,14H,1,5-10H2,2-3H3. The van der Waals surface area contributed by atoms with E-state index in [0.717, 1.165) is 12.8 Å². The Balaban J connectivity index is 2.47. The van der Waals surface area contributed by atoms with Crippen molar-refractivity contribution < 1.29 is 4.79 Å². The normalized spacial score (nSPS) is 16.7. The Kier molecular flexibility index (Phi) is 5.53. The molecular formula is C13H24N2O. The third kappa shape index (κ3) is 3.97. The van der Waals surface area contributed by atoms with Crippen molar-refractivity contribution in [2.45, 2.75) is 51.6 Å². The van der Waals surface area contributed by atoms with Gasteiger partial charge >= 0.3 is 0 Å². The highest BCUT2D eigenvalue weighted by molar-refractivity contribution is 5.78. The van der Waals surface area contributed by atoms with Gasteiger partial charge in [-0.05, 0) is 12.8 Å². The van der Waals surface area contributed by atoms with E-state index in [2.05, 4.69) is 25.7 Å². The molecule has 0 unspecified atom stereocenters. The summed E-state index contributed by atoms with van der Waals surface area (Å²) in [4.78, 5) is 14.0. The molecule has 1 N–H and O–H groups in total. The van der Waals surface area contributed by atoms with Crippen LogP contribution in [0.2, 0.25) is 0 Å². The molecule has 3 nitrogen and oxygen atoms in total. The number of hydrogen-bond acceptors (Lipinski definition) is 2. The number of amides is 1. The lowest BCUT2D eigenvalue weighted by Gasteiger charge is -2.28. The molecule has 0 aliphatic heterocycles. The average molecular weight is 224 g/mol. The summed E-state index contributed by atoms with van der Waals surface area (Å²) in [5, 5.41) is 3.18. The highest BCUT2D eigenvalue weighted by Crippen LogP contribution is 2.23. The van der Waals surface area contributed by atoms with E-state index in [9.17, 15) is 4.79 Å². The number of carbonyl (C=O) groups excluding carboxylic acids is 1. The predicted molar refractivity (Wildman–Crippen MR) is 67.3 cm³/mol. The number of nitrogens with one attached hydrogen (secondary N) is 1. The van der Waals surface area contributed by atoms with Gasteiger partial charge in [-0.3, -0.25) is 4.79 Å². The molecule has 0 heterocycles. The van der Waals surface area contributed by atoms with E-state index in [1.165, 1.54) is 12.8 Å². The Hall–Kier alpha value is -0.830. The van der Waals surface area contributed by atoms with Crippen molar-refractivity contribution in [3.63, 3.8) is 0 Å². The van der Waals surface area contributed by atoms with E-state index in [1.807, 2.05) is 11.0 Å². The van der Waals surface area contributed by atoms with Crippen LogP contribution in [0, 0.1) is 0 Å². The van der Waals surface area contributed by atoms with E-state index in [-0.39, 0.29) is 5.91 Å². The van der Waals surface area contributed by atoms with Crippen LogP contribution >= 0.6 is 0 Å². The highest BCUT2D eigenvalue weighted by atomic mass is 16.2. The SMILES string of the molecule is C=CCN(C(=O)CNC(C)C)C1CCCC1. The second kappa shape index (κ2) is 6.69. The molecule has 0 aromatic carbocycles. The quantitative estimate of drug-likeness (QED) is 0.699. The molecular weight excluding hydrogens is 200 g/mol. The molecule has 1 saturated carbocycles. The minimum Gasteiger partial charge on any atom is -0.335 e. The van der Waals surface area contributed by atoms with Gasteiger partial charge in [-0.25, -0.2) is 0 Å². The van der Waals surface area contributed by atoms with Gasteiger partial charge in [0.05, 0.1) is 6.54 Å². The van der Waals surface area contributed by atoms with Gasteiger partial charge in [0, 0.05) is 18.6 Å². The number of nitrogens with zero attached hydrogens (tertiary/aromatic N) is 1. The van der Waals surface area contributed by atoms with E-state index in [4.69, 9.17) is 0 Å². The Bertz CT molecular complexity index is 232. The second-order valence-electron chi connectivity index (χ2n) is 4.81. The van der Waals surface area contributed by atoms with Crippen LogP contribution in [0.25, 0.3) is 0 Å². The van der Waals surface area contributed by atoms with Crippen molar-refractivity contribution in [3.8, 4) is 0 Å². The molecule has 3 heteroatoms. The number of hydrogen-bond donors (Lipinski definition) is 1. The summed E-state index contributed by atoms with van der Waals surface area (Å²) in [6, 6.07) is 0.803. The summed E-state index contributed by atoms with van der Waals surface area (Å²) in [6.07, 6.45) is 6.64. The van der Waals surface area contributed by atoms with Crippen LogP contribution in [-0.4, -0.2) is 36.0 Å². The maximum absolute atomic E-state index is 12.0. The smallest absolute Gasteiger partial charge is 0.237 e. The van der Waals surface area contributed by atoms with Crippen LogP contribution in [0.5, 0.6) is 0 Å². The molecule has 16 heavy (non-hydrogen) atoms. The second-order valence-corrected chi connectivity index (χ2v) is 4.81. The van der Waals surface area contributed by atoms with Gasteiger partial charge in [-0.2, -0.15) is 0 Å². The molecule has 0 radical (unpaired) electrons. The van der Waals surface area contributed by atoms with E-state index < -0.39 is 0 Å². The van der Waals surface area contributed by atoms with Crippen LogP contribution in [0.1, 0.15) is 39.5 Å². The third-order valence-electron chi connectivity index (χ3n) is 3.07. The molecule has 0 aromatic heterocycles. The van der Waals surface area contributed by atoms with Crippen LogP contribution < -0.4 is 5.32 Å². The minimum absolute atomic E-state index is 0.209. The molecule has 0 spiro atoms. The first-order valence-corrected chi connectivity index (χ1v) is 6.29. The fourth-order valence-corrected chi connectivity index (χ4v) is 2.20. The zero-order chi connectivity index (χ0) is 12.0. The summed E-state index contributed by atoms with van der Waals surface area (Å²) in [7, 11) is 0.